The van der Waals surface area contributed by atoms with Gasteiger partial charge in [0.2, 0.25) is 5.90 Å². The predicted octanol–water partition coefficient (Wildman–Crippen LogP) is 3.87. The van der Waals surface area contributed by atoms with Gasteiger partial charge in [0.1, 0.15) is 5.82 Å². The first-order valence-electron chi connectivity index (χ1n) is 8.41. The summed E-state index contributed by atoms with van der Waals surface area (Å²) in [6, 6.07) is 3.68. The fourth-order valence-electron chi connectivity index (χ4n) is 3.06. The molecule has 0 bridgehead atoms. The van der Waals surface area contributed by atoms with Crippen molar-refractivity contribution in [2.24, 2.45) is 4.99 Å². The average molecular weight is 338 g/mol. The number of anilines is 1. The van der Waals surface area contributed by atoms with E-state index in [2.05, 4.69) is 15.0 Å². The van der Waals surface area contributed by atoms with Crippen LogP contribution in [-0.4, -0.2) is 22.4 Å². The SMILES string of the molecule is CC1=CC(Oc2c(C3CCC3)ccc(-c3cnc(N)cn3)c2F)=NC1. The molecule has 128 valence electrons. The Labute approximate surface area is 145 Å². The van der Waals surface area contributed by atoms with Gasteiger partial charge in [0.05, 0.1) is 24.6 Å². The summed E-state index contributed by atoms with van der Waals surface area (Å²) in [5.41, 5.74) is 8.35. The van der Waals surface area contributed by atoms with Crippen LogP contribution in [0.3, 0.4) is 0 Å². The number of nitrogens with two attached hydrogens (primary N) is 1. The number of rotatable bonds is 3. The maximum atomic E-state index is 15.3. The first kappa shape index (κ1) is 15.7. The minimum atomic E-state index is -0.427. The van der Waals surface area contributed by atoms with Crippen molar-refractivity contribution in [3.05, 3.63) is 47.6 Å². The fourth-order valence-corrected chi connectivity index (χ4v) is 3.06. The van der Waals surface area contributed by atoms with Gasteiger partial charge in [-0.3, -0.25) is 4.98 Å². The third kappa shape index (κ3) is 2.99. The second-order valence-corrected chi connectivity index (χ2v) is 6.55. The van der Waals surface area contributed by atoms with E-state index in [0.717, 1.165) is 30.4 Å². The minimum absolute atomic E-state index is 0.255. The molecule has 1 aliphatic heterocycles. The summed E-state index contributed by atoms with van der Waals surface area (Å²) in [5.74, 6) is 0.919. The lowest BCUT2D eigenvalue weighted by Crippen LogP contribution is -2.14. The van der Waals surface area contributed by atoms with Gasteiger partial charge in [-0.1, -0.05) is 12.5 Å². The van der Waals surface area contributed by atoms with Crippen molar-refractivity contribution in [3.8, 4) is 17.0 Å². The highest BCUT2D eigenvalue weighted by Crippen LogP contribution is 2.44. The average Bonchev–Trinajstić information content (AvgIpc) is 2.95. The molecule has 1 fully saturated rings. The van der Waals surface area contributed by atoms with Gasteiger partial charge in [0, 0.05) is 17.2 Å². The molecule has 0 spiro atoms. The van der Waals surface area contributed by atoms with Gasteiger partial charge < -0.3 is 10.5 Å². The Morgan fingerprint density at radius 2 is 2.04 bits per heavy atom. The highest BCUT2D eigenvalue weighted by atomic mass is 19.1. The van der Waals surface area contributed by atoms with Crippen LogP contribution < -0.4 is 10.5 Å². The van der Waals surface area contributed by atoms with E-state index in [1.165, 1.54) is 12.4 Å². The monoisotopic (exact) mass is 338 g/mol. The van der Waals surface area contributed by atoms with Gasteiger partial charge in [0.15, 0.2) is 11.6 Å². The molecular formula is C19H19FN4O. The molecule has 2 aliphatic rings. The van der Waals surface area contributed by atoms with E-state index in [0.29, 0.717) is 35.4 Å². The van der Waals surface area contributed by atoms with Crippen LogP contribution in [0.1, 0.15) is 37.7 Å². The normalized spacial score (nSPS) is 17.0. The maximum absolute atomic E-state index is 15.3. The summed E-state index contributed by atoms with van der Waals surface area (Å²) in [4.78, 5) is 12.5. The third-order valence-corrected chi connectivity index (χ3v) is 4.68. The maximum Gasteiger partial charge on any atom is 0.215 e. The van der Waals surface area contributed by atoms with Gasteiger partial charge >= 0.3 is 0 Å². The largest absolute Gasteiger partial charge is 0.436 e. The second kappa shape index (κ2) is 6.27. The highest BCUT2D eigenvalue weighted by molar-refractivity contribution is 5.92. The van der Waals surface area contributed by atoms with Gasteiger partial charge in [-0.05, 0) is 37.3 Å². The van der Waals surface area contributed by atoms with Crippen LogP contribution in [0.4, 0.5) is 10.2 Å². The topological polar surface area (TPSA) is 73.4 Å². The van der Waals surface area contributed by atoms with Crippen LogP contribution in [0, 0.1) is 5.82 Å². The lowest BCUT2D eigenvalue weighted by atomic mass is 9.79. The summed E-state index contributed by atoms with van der Waals surface area (Å²) in [7, 11) is 0. The quantitative estimate of drug-likeness (QED) is 0.922. The van der Waals surface area contributed by atoms with E-state index in [4.69, 9.17) is 10.5 Å². The molecule has 5 nitrogen and oxygen atoms in total. The van der Waals surface area contributed by atoms with Crippen LogP contribution in [0.2, 0.25) is 0 Å². The molecule has 0 radical (unpaired) electrons. The molecule has 2 heterocycles. The zero-order chi connectivity index (χ0) is 17.4. The summed E-state index contributed by atoms with van der Waals surface area (Å²) >= 11 is 0. The Hall–Kier alpha value is -2.76. The summed E-state index contributed by atoms with van der Waals surface area (Å²) in [6.07, 6.45) is 8.01. The number of halogens is 1. The summed E-state index contributed by atoms with van der Waals surface area (Å²) < 4.78 is 21.2. The van der Waals surface area contributed by atoms with Crippen LogP contribution >= 0.6 is 0 Å². The Morgan fingerprint density at radius 3 is 2.64 bits per heavy atom. The van der Waals surface area contributed by atoms with E-state index < -0.39 is 5.82 Å². The van der Waals surface area contributed by atoms with Crippen molar-refractivity contribution in [1.82, 2.24) is 9.97 Å². The van der Waals surface area contributed by atoms with E-state index in [1.54, 1.807) is 6.07 Å². The molecule has 0 amide bonds. The molecular weight excluding hydrogens is 319 g/mol. The third-order valence-electron chi connectivity index (χ3n) is 4.68. The standard InChI is InChI=1S/C19H19FN4O/c1-11-7-17(24-8-11)25-19-13(12-3-2-4-12)5-6-14(18(19)20)15-9-23-16(21)10-22-15/h5-7,9-10,12H,2-4,8H2,1H3,(H2,21,23). The van der Waals surface area contributed by atoms with Crippen molar-refractivity contribution in [3.63, 3.8) is 0 Å². The molecule has 0 saturated heterocycles. The number of ether oxygens (including phenoxy) is 1. The zero-order valence-electron chi connectivity index (χ0n) is 14.0. The number of hydrogen-bond donors (Lipinski definition) is 1. The van der Waals surface area contributed by atoms with Crippen molar-refractivity contribution in [1.29, 1.82) is 0 Å². The van der Waals surface area contributed by atoms with E-state index in [-0.39, 0.29) is 5.75 Å². The minimum Gasteiger partial charge on any atom is -0.436 e. The number of aromatic nitrogens is 2. The molecule has 1 saturated carbocycles. The molecule has 0 atom stereocenters. The van der Waals surface area contributed by atoms with Crippen molar-refractivity contribution in [2.75, 3.05) is 12.3 Å². The summed E-state index contributed by atoms with van der Waals surface area (Å²) in [6.45, 7) is 2.57. The van der Waals surface area contributed by atoms with Crippen LogP contribution in [0.25, 0.3) is 11.3 Å². The lowest BCUT2D eigenvalue weighted by molar-refractivity contribution is 0.398. The first-order valence-corrected chi connectivity index (χ1v) is 8.41. The number of aliphatic imine (C=N–C) groups is 1. The van der Waals surface area contributed by atoms with Gasteiger partial charge in [-0.25, -0.2) is 14.4 Å². The van der Waals surface area contributed by atoms with E-state index in [1.807, 2.05) is 19.1 Å². The van der Waals surface area contributed by atoms with Crippen molar-refractivity contribution >= 4 is 11.7 Å². The van der Waals surface area contributed by atoms with E-state index in [9.17, 15) is 0 Å². The highest BCUT2D eigenvalue weighted by Gasteiger charge is 2.28. The molecule has 1 aromatic heterocycles. The van der Waals surface area contributed by atoms with Gasteiger partial charge in [-0.15, -0.1) is 0 Å². The number of benzene rings is 1. The van der Waals surface area contributed by atoms with Crippen molar-refractivity contribution in [2.45, 2.75) is 32.1 Å². The Balaban J connectivity index is 1.77. The fraction of sp³-hybridized carbons (Fsp3) is 0.316. The predicted molar refractivity (Wildman–Crippen MR) is 95.1 cm³/mol. The van der Waals surface area contributed by atoms with Crippen LogP contribution in [0.5, 0.6) is 5.75 Å². The molecule has 2 N–H and O–H groups in total. The molecule has 6 heteroatoms. The van der Waals surface area contributed by atoms with E-state index >= 15 is 4.39 Å². The smallest absolute Gasteiger partial charge is 0.215 e. The number of hydrogen-bond acceptors (Lipinski definition) is 5. The molecule has 1 aromatic carbocycles. The van der Waals surface area contributed by atoms with Crippen LogP contribution in [0.15, 0.2) is 41.2 Å². The molecule has 4 rings (SSSR count). The van der Waals surface area contributed by atoms with Gasteiger partial charge in [-0.2, -0.15) is 0 Å². The van der Waals surface area contributed by atoms with Crippen LogP contribution in [-0.2, 0) is 0 Å². The Morgan fingerprint density at radius 1 is 1.20 bits per heavy atom. The number of nitrogen functional groups attached to an aromatic ring is 1. The number of nitrogens with zero attached hydrogens (tertiary/aromatic N) is 3. The van der Waals surface area contributed by atoms with Crippen molar-refractivity contribution < 1.29 is 9.13 Å². The molecule has 25 heavy (non-hydrogen) atoms. The second-order valence-electron chi connectivity index (χ2n) is 6.55. The molecule has 0 unspecified atom stereocenters. The zero-order valence-corrected chi connectivity index (χ0v) is 14.0. The Bertz CT molecular complexity index is 870. The molecule has 1 aliphatic carbocycles. The van der Waals surface area contributed by atoms with Gasteiger partial charge in [0.25, 0.3) is 0 Å². The summed E-state index contributed by atoms with van der Waals surface area (Å²) in [5, 5.41) is 0. The first-order chi connectivity index (χ1) is 12.1. The lowest BCUT2D eigenvalue weighted by Gasteiger charge is -2.28. The molecule has 2 aromatic rings. The Kier molecular flexibility index (Phi) is 3.95.